The van der Waals surface area contributed by atoms with Crippen LogP contribution in [0, 0.1) is 11.3 Å². The van der Waals surface area contributed by atoms with Crippen LogP contribution in [0.3, 0.4) is 0 Å². The van der Waals surface area contributed by atoms with Gasteiger partial charge in [0.1, 0.15) is 0 Å². The molecule has 0 aliphatic carbocycles. The Hall–Kier alpha value is -0.310. The number of rotatable bonds is 4. The molecule has 0 spiro atoms. The van der Waals surface area contributed by atoms with Crippen molar-refractivity contribution in [2.75, 3.05) is 6.61 Å². The van der Waals surface area contributed by atoms with Crippen molar-refractivity contribution in [1.82, 2.24) is 0 Å². The van der Waals surface area contributed by atoms with Crippen LogP contribution in [0.25, 0.3) is 0 Å². The van der Waals surface area contributed by atoms with Gasteiger partial charge in [-0.3, -0.25) is 4.18 Å². The van der Waals surface area contributed by atoms with Crippen molar-refractivity contribution >= 4 is 21.7 Å². The molecule has 0 aliphatic heterocycles. The molecule has 64 valence electrons. The topological polar surface area (TPSA) is 67.2 Å². The molecule has 0 aromatic rings. The lowest BCUT2D eigenvalue weighted by Crippen LogP contribution is -2.17. The van der Waals surface area contributed by atoms with Gasteiger partial charge >= 0.3 is 0 Å². The maximum absolute atomic E-state index is 10.8. The molecule has 6 heteroatoms. The van der Waals surface area contributed by atoms with Gasteiger partial charge in [0.2, 0.25) is 0 Å². The second kappa shape index (κ2) is 4.54. The Kier molecular flexibility index (Phi) is 4.42. The molecule has 0 aliphatic rings. The number of nitrogens with zero attached hydrogens (tertiary/aromatic N) is 1. The normalized spacial score (nSPS) is 13.9. The molecule has 0 fully saturated rings. The van der Waals surface area contributed by atoms with Crippen LogP contribution < -0.4 is 0 Å². The summed E-state index contributed by atoms with van der Waals surface area (Å²) >= 11 is 5.37. The predicted molar refractivity (Wildman–Crippen MR) is 40.4 cm³/mol. The van der Waals surface area contributed by atoms with E-state index in [0.717, 1.165) is 0 Å². The predicted octanol–water partition coefficient (Wildman–Crippen LogP) is 0.831. The molecule has 0 amide bonds. The minimum atomic E-state index is -3.73. The minimum absolute atomic E-state index is 0.259. The average Bonchev–Trinajstić information content (AvgIpc) is 1.99. The van der Waals surface area contributed by atoms with E-state index in [4.69, 9.17) is 16.9 Å². The van der Waals surface area contributed by atoms with Gasteiger partial charge in [0.25, 0.3) is 10.1 Å². The molecule has 0 radical (unpaired) electrons. The zero-order chi connectivity index (χ0) is 8.91. The maximum Gasteiger partial charge on any atom is 0.285 e. The van der Waals surface area contributed by atoms with E-state index in [1.807, 2.05) is 0 Å². The summed E-state index contributed by atoms with van der Waals surface area (Å²) in [6.45, 7) is 1.14. The molecule has 11 heavy (non-hydrogen) atoms. The van der Waals surface area contributed by atoms with E-state index in [-0.39, 0.29) is 6.42 Å². The Morgan fingerprint density at radius 3 is 2.64 bits per heavy atom. The molecule has 0 aromatic carbocycles. The second-order valence-corrected chi connectivity index (χ2v) is 4.31. The molecule has 0 N–H and O–H groups in total. The van der Waals surface area contributed by atoms with Crippen molar-refractivity contribution in [2.45, 2.75) is 18.1 Å². The van der Waals surface area contributed by atoms with Crippen LogP contribution in [0.5, 0.6) is 0 Å². The first-order chi connectivity index (χ1) is 5.04. The fourth-order valence-corrected chi connectivity index (χ4v) is 1.31. The number of hydrogen-bond donors (Lipinski definition) is 0. The van der Waals surface area contributed by atoms with Crippen LogP contribution in [0.1, 0.15) is 13.3 Å². The first-order valence-corrected chi connectivity index (χ1v) is 4.84. The Labute approximate surface area is 70.8 Å². The van der Waals surface area contributed by atoms with Crippen LogP contribution in [0.4, 0.5) is 0 Å². The number of alkyl halides is 1. The first kappa shape index (κ1) is 10.7. The van der Waals surface area contributed by atoms with Crippen LogP contribution in [-0.2, 0) is 14.3 Å². The highest BCUT2D eigenvalue weighted by atomic mass is 35.5. The number of halogens is 1. The van der Waals surface area contributed by atoms with Gasteiger partial charge in [-0.2, -0.15) is 13.7 Å². The Morgan fingerprint density at radius 1 is 1.73 bits per heavy atom. The Balaban J connectivity index is 4.14. The molecule has 0 saturated heterocycles. The molecule has 1 unspecified atom stereocenters. The molecule has 0 rings (SSSR count). The van der Waals surface area contributed by atoms with Crippen molar-refractivity contribution in [3.63, 3.8) is 0 Å². The largest absolute Gasteiger partial charge is 0.285 e. The van der Waals surface area contributed by atoms with Crippen LogP contribution in [0.15, 0.2) is 0 Å². The minimum Gasteiger partial charge on any atom is -0.254 e. The fraction of sp³-hybridized carbons (Fsp3) is 0.800. The summed E-state index contributed by atoms with van der Waals surface area (Å²) in [6.07, 6.45) is 0.259. The van der Waals surface area contributed by atoms with Gasteiger partial charge < -0.3 is 0 Å². The Morgan fingerprint density at radius 2 is 2.27 bits per heavy atom. The average molecular weight is 198 g/mol. The molecule has 0 bridgehead atoms. The maximum atomic E-state index is 10.8. The summed E-state index contributed by atoms with van der Waals surface area (Å²) in [5, 5.41) is 8.00. The third-order valence-electron chi connectivity index (χ3n) is 0.922. The molecule has 0 aromatic heterocycles. The molecular weight excluding hydrogens is 190 g/mol. The lowest BCUT2D eigenvalue weighted by atomic mass is 10.6. The van der Waals surface area contributed by atoms with E-state index in [1.165, 1.54) is 0 Å². The molecule has 4 nitrogen and oxygen atoms in total. The van der Waals surface area contributed by atoms with Gasteiger partial charge in [-0.05, 0) is 6.42 Å². The highest BCUT2D eigenvalue weighted by Gasteiger charge is 2.21. The monoisotopic (exact) mass is 197 g/mol. The number of nitriles is 1. The van der Waals surface area contributed by atoms with Gasteiger partial charge in [-0.15, -0.1) is 11.6 Å². The fourth-order valence-electron chi connectivity index (χ4n) is 0.386. The third-order valence-corrected chi connectivity index (χ3v) is 3.29. The molecule has 0 heterocycles. The van der Waals surface area contributed by atoms with Gasteiger partial charge in [-0.25, -0.2) is 0 Å². The van der Waals surface area contributed by atoms with Crippen molar-refractivity contribution in [2.24, 2.45) is 0 Å². The highest BCUT2D eigenvalue weighted by Crippen LogP contribution is 2.11. The summed E-state index contributed by atoms with van der Waals surface area (Å²) in [5.74, 6) is 0. The molecule has 0 saturated carbocycles. The van der Waals surface area contributed by atoms with E-state index < -0.39 is 21.4 Å². The Bertz CT molecular complexity index is 243. The third kappa shape index (κ3) is 3.56. The van der Waals surface area contributed by atoms with Gasteiger partial charge in [-0.1, -0.05) is 6.92 Å². The van der Waals surface area contributed by atoms with Crippen molar-refractivity contribution < 1.29 is 12.6 Å². The first-order valence-electron chi connectivity index (χ1n) is 2.94. The van der Waals surface area contributed by atoms with Crippen LogP contribution in [0.2, 0.25) is 0 Å². The van der Waals surface area contributed by atoms with Gasteiger partial charge in [0.05, 0.1) is 6.07 Å². The summed E-state index contributed by atoms with van der Waals surface area (Å²) in [4.78, 5) is 0. The van der Waals surface area contributed by atoms with Crippen LogP contribution in [-0.4, -0.2) is 19.7 Å². The van der Waals surface area contributed by atoms with Crippen molar-refractivity contribution in [1.29, 1.82) is 5.26 Å². The zero-order valence-corrected chi connectivity index (χ0v) is 7.52. The number of hydrogen-bond acceptors (Lipinski definition) is 4. The van der Waals surface area contributed by atoms with Gasteiger partial charge in [0, 0.05) is 0 Å². The van der Waals surface area contributed by atoms with E-state index in [1.54, 1.807) is 13.0 Å². The van der Waals surface area contributed by atoms with E-state index in [2.05, 4.69) is 4.18 Å². The van der Waals surface area contributed by atoms with E-state index in [0.29, 0.717) is 0 Å². The SMILES string of the molecule is CCC(Cl)S(=O)(=O)OCC#N. The summed E-state index contributed by atoms with van der Waals surface area (Å²) in [5.41, 5.74) is 0. The van der Waals surface area contributed by atoms with Crippen LogP contribution >= 0.6 is 11.6 Å². The standard InChI is InChI=1S/C5H8ClNO3S/c1-2-5(6)11(8,9)10-4-3-7/h5H,2,4H2,1H3. The van der Waals surface area contributed by atoms with Crippen molar-refractivity contribution in [3.8, 4) is 6.07 Å². The summed E-state index contributed by atoms with van der Waals surface area (Å²) < 4.78 is 24.8. The zero-order valence-electron chi connectivity index (χ0n) is 5.95. The molecular formula is C5H8ClNO3S. The lowest BCUT2D eigenvalue weighted by molar-refractivity contribution is 0.358. The second-order valence-electron chi connectivity index (χ2n) is 1.73. The summed E-state index contributed by atoms with van der Waals surface area (Å²) in [7, 11) is -3.73. The summed E-state index contributed by atoms with van der Waals surface area (Å²) in [6, 6.07) is 1.54. The van der Waals surface area contributed by atoms with E-state index >= 15 is 0 Å². The highest BCUT2D eigenvalue weighted by molar-refractivity contribution is 7.88. The quantitative estimate of drug-likeness (QED) is 0.495. The lowest BCUT2D eigenvalue weighted by Gasteiger charge is -2.05. The van der Waals surface area contributed by atoms with E-state index in [9.17, 15) is 8.42 Å². The van der Waals surface area contributed by atoms with Gasteiger partial charge in [0.15, 0.2) is 11.3 Å². The van der Waals surface area contributed by atoms with Crippen molar-refractivity contribution in [3.05, 3.63) is 0 Å². The molecule has 1 atom stereocenters. The smallest absolute Gasteiger partial charge is 0.254 e.